The fourth-order valence-corrected chi connectivity index (χ4v) is 5.33. The molecule has 2 rings (SSSR count). The van der Waals surface area contributed by atoms with Gasteiger partial charge in [0.1, 0.15) is 37.9 Å². The Bertz CT molecular complexity index is 1550. The van der Waals surface area contributed by atoms with Crippen molar-refractivity contribution in [3.8, 4) is 11.5 Å². The van der Waals surface area contributed by atoms with E-state index in [4.69, 9.17) is 18.9 Å². The molecule has 0 aliphatic carbocycles. The van der Waals surface area contributed by atoms with E-state index < -0.39 is 54.4 Å². The maximum Gasteiger partial charge on any atom is 3.00 e. The SMILES string of the molecule is C=C(C)C(=O)OCCOc1ccc(C(C)(CCC(=O)NCCCCC(C(=O)[O-])N(CC(=O)[O-])CC(=O)[O-])c2ccc(OCCOC(=O)C(=C)C)cc2)cc1.F.[F-].[Ga+3].[Na+]. The summed E-state index contributed by atoms with van der Waals surface area (Å²) in [7, 11) is 0. The molecule has 15 nitrogen and oxygen atoms in total. The van der Waals surface area contributed by atoms with E-state index in [1.165, 1.54) is 0 Å². The van der Waals surface area contributed by atoms with E-state index in [1.54, 1.807) is 38.1 Å². The Balaban J connectivity index is -0.00000756. The first-order chi connectivity index (χ1) is 25.5. The second-order valence-corrected chi connectivity index (χ2v) is 12.7. The summed E-state index contributed by atoms with van der Waals surface area (Å²) in [6.07, 6.45) is 0.931. The summed E-state index contributed by atoms with van der Waals surface area (Å²) in [5.74, 6) is -5.10. The second kappa shape index (κ2) is 29.9. The molecule has 0 aliphatic heterocycles. The zero-order valence-electron chi connectivity index (χ0n) is 33.2. The van der Waals surface area contributed by atoms with Crippen molar-refractivity contribution >= 4 is 55.5 Å². The Hall–Kier alpha value is -4.20. The maximum absolute atomic E-state index is 13.0. The molecule has 0 saturated heterocycles. The number of rotatable bonds is 26. The molecule has 0 radical (unpaired) electrons. The van der Waals surface area contributed by atoms with Crippen molar-refractivity contribution in [3.05, 3.63) is 84.0 Å². The molecule has 1 unspecified atom stereocenters. The van der Waals surface area contributed by atoms with Gasteiger partial charge in [-0.3, -0.25) is 14.4 Å². The van der Waals surface area contributed by atoms with Gasteiger partial charge in [-0.05, 0) is 74.9 Å². The number of hydrogen-bond donors (Lipinski definition) is 1. The molecule has 1 amide bonds. The molecule has 0 saturated carbocycles. The van der Waals surface area contributed by atoms with Gasteiger partial charge in [0.15, 0.2) is 0 Å². The minimum atomic E-state index is -1.65. The first-order valence-corrected chi connectivity index (χ1v) is 17.3. The largest absolute Gasteiger partial charge is 3.00 e. The summed E-state index contributed by atoms with van der Waals surface area (Å²) in [4.78, 5) is 70.6. The molecule has 0 heterocycles. The fourth-order valence-electron chi connectivity index (χ4n) is 5.33. The van der Waals surface area contributed by atoms with Crippen LogP contribution in [0, 0.1) is 0 Å². The van der Waals surface area contributed by atoms with E-state index in [9.17, 15) is 44.1 Å². The normalized spacial score (nSPS) is 10.8. The van der Waals surface area contributed by atoms with Crippen molar-refractivity contribution in [1.82, 2.24) is 10.2 Å². The summed E-state index contributed by atoms with van der Waals surface area (Å²) in [5.41, 5.74) is 1.65. The van der Waals surface area contributed by atoms with Crippen LogP contribution in [0.3, 0.4) is 0 Å². The van der Waals surface area contributed by atoms with Gasteiger partial charge in [-0.15, -0.1) is 0 Å². The first-order valence-electron chi connectivity index (χ1n) is 17.3. The molecule has 0 aliphatic rings. The van der Waals surface area contributed by atoms with Crippen molar-refractivity contribution in [1.29, 1.82) is 0 Å². The predicted molar refractivity (Wildman–Crippen MR) is 197 cm³/mol. The fraction of sp³-hybridized carbons (Fsp3) is 0.436. The number of carbonyl (C=O) groups excluding carboxylic acids is 6. The van der Waals surface area contributed by atoms with Crippen LogP contribution in [0.4, 0.5) is 4.70 Å². The molecular formula is C39H48F2GaN2NaO13. The second-order valence-electron chi connectivity index (χ2n) is 12.7. The van der Waals surface area contributed by atoms with Crippen LogP contribution < -0.4 is 64.4 Å². The first kappa shape index (κ1) is 58.1. The van der Waals surface area contributed by atoms with Gasteiger partial charge in [0.2, 0.25) is 5.91 Å². The number of aliphatic carboxylic acids is 3. The average molecular weight is 884 g/mol. The Morgan fingerprint density at radius 1 is 0.741 bits per heavy atom. The van der Waals surface area contributed by atoms with Crippen LogP contribution in [-0.2, 0) is 43.7 Å². The number of esters is 2. The minimum Gasteiger partial charge on any atom is -1.00 e. The number of unbranched alkanes of at least 4 members (excludes halogenated alkanes) is 1. The molecule has 0 spiro atoms. The number of nitrogens with zero attached hydrogens (tertiary/aromatic N) is 1. The predicted octanol–water partition coefficient (Wildman–Crippen LogP) is -6.24. The van der Waals surface area contributed by atoms with Gasteiger partial charge in [-0.25, -0.2) is 9.59 Å². The molecule has 58 heavy (non-hydrogen) atoms. The topological polar surface area (TPSA) is 224 Å². The third kappa shape index (κ3) is 21.0. The van der Waals surface area contributed by atoms with Gasteiger partial charge >= 0.3 is 61.3 Å². The van der Waals surface area contributed by atoms with Crippen molar-refractivity contribution < 1.29 is 102 Å². The van der Waals surface area contributed by atoms with Crippen molar-refractivity contribution in [2.45, 2.75) is 64.3 Å². The molecule has 2 aromatic carbocycles. The Labute approximate surface area is 371 Å². The zero-order valence-corrected chi connectivity index (χ0v) is 37.6. The van der Waals surface area contributed by atoms with Crippen molar-refractivity contribution in [3.63, 3.8) is 0 Å². The summed E-state index contributed by atoms with van der Waals surface area (Å²) in [6.45, 7) is 10.9. The summed E-state index contributed by atoms with van der Waals surface area (Å²) in [5, 5.41) is 36.5. The third-order valence-electron chi connectivity index (χ3n) is 8.31. The number of benzene rings is 2. The molecule has 2 aromatic rings. The molecule has 310 valence electrons. The monoisotopic (exact) mass is 882 g/mol. The Morgan fingerprint density at radius 2 is 1.16 bits per heavy atom. The van der Waals surface area contributed by atoms with E-state index in [0.717, 1.165) is 11.1 Å². The molecule has 19 heteroatoms. The van der Waals surface area contributed by atoms with Gasteiger partial charge < -0.3 is 58.7 Å². The van der Waals surface area contributed by atoms with E-state index in [2.05, 4.69) is 18.5 Å². The number of ether oxygens (including phenoxy) is 4. The summed E-state index contributed by atoms with van der Waals surface area (Å²) < 4.78 is 21.6. The van der Waals surface area contributed by atoms with Gasteiger partial charge in [0.25, 0.3) is 0 Å². The third-order valence-corrected chi connectivity index (χ3v) is 8.31. The van der Waals surface area contributed by atoms with Crippen LogP contribution in [0.15, 0.2) is 72.8 Å². The number of carboxylic acid groups (broad SMARTS) is 3. The van der Waals surface area contributed by atoms with Crippen LogP contribution in [0.2, 0.25) is 0 Å². The Kier molecular flexibility index (Phi) is 30.0. The van der Waals surface area contributed by atoms with Gasteiger partial charge in [-0.1, -0.05) is 44.3 Å². The van der Waals surface area contributed by atoms with Crippen LogP contribution >= 0.6 is 0 Å². The van der Waals surface area contributed by atoms with Crippen molar-refractivity contribution in [2.75, 3.05) is 46.1 Å². The number of carboxylic acids is 3. The summed E-state index contributed by atoms with van der Waals surface area (Å²) >= 11 is 0. The molecular weight excluding hydrogens is 835 g/mol. The van der Waals surface area contributed by atoms with Crippen LogP contribution in [0.5, 0.6) is 11.5 Å². The Morgan fingerprint density at radius 3 is 1.52 bits per heavy atom. The number of carbonyl (C=O) groups is 6. The molecule has 1 N–H and O–H groups in total. The average Bonchev–Trinajstić information content (AvgIpc) is 3.11. The maximum atomic E-state index is 13.0. The van der Waals surface area contributed by atoms with E-state index in [1.807, 2.05) is 31.2 Å². The summed E-state index contributed by atoms with van der Waals surface area (Å²) in [6, 6.07) is 13.1. The van der Waals surface area contributed by atoms with Gasteiger partial charge in [0, 0.05) is 42.6 Å². The smallest absolute Gasteiger partial charge is 1.00 e. The van der Waals surface area contributed by atoms with E-state index >= 15 is 0 Å². The van der Waals surface area contributed by atoms with Crippen molar-refractivity contribution in [2.24, 2.45) is 0 Å². The number of nitrogens with one attached hydrogen (secondary N) is 1. The number of halogens is 2. The van der Waals surface area contributed by atoms with Crippen LogP contribution in [-0.4, -0.2) is 113 Å². The van der Waals surface area contributed by atoms with E-state index in [-0.39, 0.29) is 128 Å². The molecule has 0 bridgehead atoms. The number of amides is 1. The van der Waals surface area contributed by atoms with Gasteiger partial charge in [0.05, 0.1) is 23.9 Å². The van der Waals surface area contributed by atoms with Crippen LogP contribution in [0.1, 0.15) is 64.0 Å². The van der Waals surface area contributed by atoms with Crippen LogP contribution in [0.25, 0.3) is 0 Å². The standard InChI is InChI=1S/C39H50N2O13.2FH.Ga.Na/c1-26(2)37(49)53-22-20-51-30-13-9-28(10-14-30)39(5,29-11-15-31(16-12-29)52-21-23-54-38(50)27(3)4)18-17-33(42)40-19-7-6-8-32(36(47)48)41(24-34(43)44)25-35(45)46;;;;/h9-16,32H,1,3,6-8,17-25H2,2,4-5H3,(H,40,42)(H,43,44)(H,45,46)(H,47,48);2*1H;;/q;;;+3;+1/p-4. The van der Waals surface area contributed by atoms with E-state index in [0.29, 0.717) is 29.2 Å². The molecule has 0 aromatic heterocycles. The van der Waals surface area contributed by atoms with Gasteiger partial charge in [-0.2, -0.15) is 0 Å². The molecule has 0 fully saturated rings. The zero-order chi connectivity index (χ0) is 40.3. The quantitative estimate of drug-likeness (QED) is 0.0402. The molecule has 1 atom stereocenters. The minimum absolute atomic E-state index is 0. The number of hydrogen-bond acceptors (Lipinski definition) is 14.